The molecular weight excluding hydrogens is 258 g/mol. The maximum Gasteiger partial charge on any atom is 0.227 e. The molecule has 4 nitrogen and oxygen atoms in total. The smallest absolute Gasteiger partial charge is 0.227 e. The van der Waals surface area contributed by atoms with Crippen LogP contribution in [0, 0.1) is 5.92 Å². The van der Waals surface area contributed by atoms with Gasteiger partial charge in [0.1, 0.15) is 5.01 Å². The number of benzene rings is 1. The van der Waals surface area contributed by atoms with Crippen LogP contribution in [0.25, 0.3) is 10.2 Å². The molecular formula is C14H17N3OS. The van der Waals surface area contributed by atoms with E-state index in [0.717, 1.165) is 34.7 Å². The summed E-state index contributed by atoms with van der Waals surface area (Å²) in [7, 11) is 2.08. The number of aromatic nitrogens is 1. The first-order valence-electron chi connectivity index (χ1n) is 6.48. The Kier molecular flexibility index (Phi) is 3.24. The first-order valence-corrected chi connectivity index (χ1v) is 7.30. The van der Waals surface area contributed by atoms with Crippen molar-refractivity contribution in [2.24, 2.45) is 11.7 Å². The van der Waals surface area contributed by atoms with Crippen LogP contribution in [0.15, 0.2) is 24.3 Å². The van der Waals surface area contributed by atoms with Gasteiger partial charge in [-0.2, -0.15) is 0 Å². The lowest BCUT2D eigenvalue weighted by molar-refractivity contribution is -0.120. The third-order valence-corrected chi connectivity index (χ3v) is 4.90. The Hall–Kier alpha value is -1.46. The number of para-hydroxylation sites is 1. The fraction of sp³-hybridized carbons (Fsp3) is 0.429. The van der Waals surface area contributed by atoms with E-state index in [4.69, 9.17) is 5.73 Å². The zero-order chi connectivity index (χ0) is 13.4. The second-order valence-electron chi connectivity index (χ2n) is 5.21. The summed E-state index contributed by atoms with van der Waals surface area (Å²) < 4.78 is 1.12. The Bertz CT molecular complexity index is 577. The highest BCUT2D eigenvalue weighted by Gasteiger charge is 2.34. The van der Waals surface area contributed by atoms with E-state index >= 15 is 0 Å². The molecule has 2 aromatic rings. The van der Waals surface area contributed by atoms with Crippen molar-refractivity contribution < 1.29 is 4.79 Å². The summed E-state index contributed by atoms with van der Waals surface area (Å²) in [6.07, 6.45) is 1.01. The number of primary amides is 1. The Morgan fingerprint density at radius 1 is 1.53 bits per heavy atom. The SMILES string of the molecule is CN1CCC(C(C(N)=O)c2nc3ccccc3s2)C1. The third kappa shape index (κ3) is 2.35. The van der Waals surface area contributed by atoms with E-state index in [1.165, 1.54) is 0 Å². The lowest BCUT2D eigenvalue weighted by atomic mass is 9.91. The van der Waals surface area contributed by atoms with Crippen LogP contribution in [-0.2, 0) is 4.79 Å². The maximum atomic E-state index is 11.8. The molecule has 1 amide bonds. The molecule has 0 bridgehead atoms. The minimum Gasteiger partial charge on any atom is -0.369 e. The van der Waals surface area contributed by atoms with Crippen molar-refractivity contribution >= 4 is 27.5 Å². The summed E-state index contributed by atoms with van der Waals surface area (Å²) in [4.78, 5) is 18.7. The predicted octanol–water partition coefficient (Wildman–Crippen LogP) is 1.82. The van der Waals surface area contributed by atoms with Crippen LogP contribution in [0.3, 0.4) is 0 Å². The van der Waals surface area contributed by atoms with Crippen molar-refractivity contribution in [1.29, 1.82) is 0 Å². The summed E-state index contributed by atoms with van der Waals surface area (Å²) in [6, 6.07) is 7.98. The van der Waals surface area contributed by atoms with Gasteiger partial charge in [0.05, 0.1) is 16.1 Å². The van der Waals surface area contributed by atoms with Gasteiger partial charge in [0.15, 0.2) is 0 Å². The molecule has 2 N–H and O–H groups in total. The lowest BCUT2D eigenvalue weighted by Gasteiger charge is -2.17. The first-order chi connectivity index (χ1) is 9.15. The maximum absolute atomic E-state index is 11.8. The number of hydrogen-bond donors (Lipinski definition) is 1. The molecule has 0 aliphatic carbocycles. The lowest BCUT2D eigenvalue weighted by Crippen LogP contribution is -2.29. The molecule has 1 aromatic carbocycles. The Labute approximate surface area is 116 Å². The molecule has 0 spiro atoms. The molecule has 3 rings (SSSR count). The van der Waals surface area contributed by atoms with E-state index in [1.807, 2.05) is 24.3 Å². The van der Waals surface area contributed by atoms with Gasteiger partial charge in [-0.1, -0.05) is 12.1 Å². The van der Waals surface area contributed by atoms with E-state index < -0.39 is 0 Å². The van der Waals surface area contributed by atoms with Gasteiger partial charge in [0.2, 0.25) is 5.91 Å². The zero-order valence-corrected chi connectivity index (χ0v) is 11.7. The van der Waals surface area contributed by atoms with Crippen molar-refractivity contribution in [1.82, 2.24) is 9.88 Å². The number of amides is 1. The second-order valence-corrected chi connectivity index (χ2v) is 6.27. The molecule has 0 saturated carbocycles. The number of thiazole rings is 1. The minimum atomic E-state index is -0.251. The van der Waals surface area contributed by atoms with Crippen molar-refractivity contribution in [2.75, 3.05) is 20.1 Å². The van der Waals surface area contributed by atoms with Crippen LogP contribution in [0.2, 0.25) is 0 Å². The molecule has 100 valence electrons. The Morgan fingerprint density at radius 3 is 2.95 bits per heavy atom. The van der Waals surface area contributed by atoms with Crippen LogP contribution in [0.4, 0.5) is 0 Å². The van der Waals surface area contributed by atoms with Crippen molar-refractivity contribution in [3.63, 3.8) is 0 Å². The first kappa shape index (κ1) is 12.6. The summed E-state index contributed by atoms with van der Waals surface area (Å²) in [5, 5.41) is 0.869. The highest BCUT2D eigenvalue weighted by atomic mass is 32.1. The average molecular weight is 275 g/mol. The van der Waals surface area contributed by atoms with E-state index in [-0.39, 0.29) is 11.8 Å². The number of rotatable bonds is 3. The number of nitrogens with zero attached hydrogens (tertiary/aromatic N) is 2. The van der Waals surface area contributed by atoms with Crippen molar-refractivity contribution in [3.8, 4) is 0 Å². The van der Waals surface area contributed by atoms with Crippen molar-refractivity contribution in [2.45, 2.75) is 12.3 Å². The molecule has 19 heavy (non-hydrogen) atoms. The van der Waals surface area contributed by atoms with Crippen LogP contribution < -0.4 is 5.73 Å². The van der Waals surface area contributed by atoms with Crippen LogP contribution in [-0.4, -0.2) is 35.9 Å². The summed E-state index contributed by atoms with van der Waals surface area (Å²) in [5.41, 5.74) is 6.58. The van der Waals surface area contributed by atoms with Gasteiger partial charge < -0.3 is 10.6 Å². The van der Waals surface area contributed by atoms with Crippen molar-refractivity contribution in [3.05, 3.63) is 29.3 Å². The summed E-state index contributed by atoms with van der Waals surface area (Å²) in [6.45, 7) is 1.95. The number of likely N-dealkylation sites (tertiary alicyclic amines) is 1. The molecule has 0 radical (unpaired) electrons. The van der Waals surface area contributed by atoms with Crippen LogP contribution in [0.5, 0.6) is 0 Å². The quantitative estimate of drug-likeness (QED) is 0.929. The third-order valence-electron chi connectivity index (χ3n) is 3.78. The number of carbonyl (C=O) groups is 1. The fourth-order valence-corrected chi connectivity index (χ4v) is 3.99. The average Bonchev–Trinajstić information content (AvgIpc) is 2.95. The van der Waals surface area contributed by atoms with Gasteiger partial charge in [-0.05, 0) is 38.1 Å². The monoisotopic (exact) mass is 275 g/mol. The topological polar surface area (TPSA) is 59.2 Å². The molecule has 1 fully saturated rings. The highest BCUT2D eigenvalue weighted by Crippen LogP contribution is 2.35. The zero-order valence-electron chi connectivity index (χ0n) is 10.9. The predicted molar refractivity (Wildman–Crippen MR) is 77.2 cm³/mol. The normalized spacial score (nSPS) is 21.8. The summed E-state index contributed by atoms with van der Waals surface area (Å²) >= 11 is 1.59. The fourth-order valence-electron chi connectivity index (χ4n) is 2.82. The summed E-state index contributed by atoms with van der Waals surface area (Å²) in [5.74, 6) is -0.204. The van der Waals surface area contributed by atoms with Gasteiger partial charge in [-0.3, -0.25) is 4.79 Å². The highest BCUT2D eigenvalue weighted by molar-refractivity contribution is 7.18. The number of carbonyl (C=O) groups excluding carboxylic acids is 1. The van der Waals surface area contributed by atoms with E-state index in [1.54, 1.807) is 11.3 Å². The number of nitrogens with two attached hydrogens (primary N) is 1. The largest absolute Gasteiger partial charge is 0.369 e. The molecule has 2 atom stereocenters. The second kappa shape index (κ2) is 4.90. The molecule has 1 aliphatic heterocycles. The molecule has 1 aliphatic rings. The standard InChI is InChI=1S/C14H17N3OS/c1-17-7-6-9(8-17)12(13(15)18)14-16-10-4-2-3-5-11(10)19-14/h2-5,9,12H,6-8H2,1H3,(H2,15,18). The van der Waals surface area contributed by atoms with Crippen LogP contribution >= 0.6 is 11.3 Å². The van der Waals surface area contributed by atoms with Crippen LogP contribution in [0.1, 0.15) is 17.3 Å². The van der Waals surface area contributed by atoms with Gasteiger partial charge in [0.25, 0.3) is 0 Å². The number of fused-ring (bicyclic) bond motifs is 1. The molecule has 2 heterocycles. The van der Waals surface area contributed by atoms with E-state index in [0.29, 0.717) is 5.92 Å². The van der Waals surface area contributed by atoms with Gasteiger partial charge >= 0.3 is 0 Å². The molecule has 2 unspecified atom stereocenters. The molecule has 5 heteroatoms. The van der Waals surface area contributed by atoms with E-state index in [9.17, 15) is 4.79 Å². The van der Waals surface area contributed by atoms with Gasteiger partial charge in [0, 0.05) is 6.54 Å². The number of hydrogen-bond acceptors (Lipinski definition) is 4. The van der Waals surface area contributed by atoms with Gasteiger partial charge in [-0.25, -0.2) is 4.98 Å². The Balaban J connectivity index is 1.97. The van der Waals surface area contributed by atoms with E-state index in [2.05, 4.69) is 16.9 Å². The minimum absolute atomic E-state index is 0.248. The van der Waals surface area contributed by atoms with Gasteiger partial charge in [-0.15, -0.1) is 11.3 Å². The molecule has 1 aromatic heterocycles. The Morgan fingerprint density at radius 2 is 2.32 bits per heavy atom. The molecule has 1 saturated heterocycles.